The molecule has 0 aliphatic rings. The van der Waals surface area contributed by atoms with E-state index in [2.05, 4.69) is 31.9 Å². The first-order valence-corrected chi connectivity index (χ1v) is 23.3. The quantitative estimate of drug-likeness (QED) is 0.0301. The van der Waals surface area contributed by atoms with Crippen LogP contribution in [0.2, 0.25) is 0 Å². The lowest BCUT2D eigenvalue weighted by atomic mass is 10.1. The van der Waals surface area contributed by atoms with E-state index in [1.807, 2.05) is 6.92 Å². The van der Waals surface area contributed by atoms with Gasteiger partial charge in [-0.3, -0.25) is 28.8 Å². The fourth-order valence-electron chi connectivity index (χ4n) is 6.47. The highest BCUT2D eigenvalue weighted by Gasteiger charge is 2.19. The number of nitrogens with one attached hydrogen (secondary N) is 6. The lowest BCUT2D eigenvalue weighted by Crippen LogP contribution is -2.44. The van der Waals surface area contributed by atoms with Gasteiger partial charge < -0.3 is 77.8 Å². The van der Waals surface area contributed by atoms with Crippen molar-refractivity contribution in [1.29, 1.82) is 0 Å². The lowest BCUT2D eigenvalue weighted by molar-refractivity contribution is -0.124. The van der Waals surface area contributed by atoms with Crippen molar-refractivity contribution >= 4 is 35.4 Å². The number of unbranched alkanes of at least 4 members (excludes halogenated alkanes) is 7. The summed E-state index contributed by atoms with van der Waals surface area (Å²) < 4.78 is 0. The van der Waals surface area contributed by atoms with E-state index in [4.69, 9.17) is 45.9 Å². The molecule has 0 saturated carbocycles. The number of carbonyl (C=O) groups is 6. The summed E-state index contributed by atoms with van der Waals surface area (Å²) in [6, 6.07) is -3.72. The Morgan fingerprint density at radius 2 is 0.532 bits per heavy atom. The molecule has 0 bridgehead atoms. The molecule has 7 unspecified atom stereocenters. The van der Waals surface area contributed by atoms with Crippen LogP contribution < -0.4 is 77.8 Å². The SMILES string of the molecule is CC(CCCCNC(=O)C(N)CCCCNC(=O)C(N)CCCCNC(=O)C(N)CCCCN)NC(=O)C(N)CCCCNC(=O)C(N)CCCCNC(=O)C(N)CCCCN. The summed E-state index contributed by atoms with van der Waals surface area (Å²) in [5, 5.41) is 17.1. The number of nitrogens with two attached hydrogens (primary N) is 8. The maximum Gasteiger partial charge on any atom is 0.237 e. The molecule has 0 aliphatic heterocycles. The van der Waals surface area contributed by atoms with Gasteiger partial charge in [-0.2, -0.15) is 0 Å². The van der Waals surface area contributed by atoms with Gasteiger partial charge in [-0.15, -0.1) is 0 Å². The van der Waals surface area contributed by atoms with Gasteiger partial charge in [-0.1, -0.05) is 12.8 Å². The third-order valence-corrected chi connectivity index (χ3v) is 10.7. The van der Waals surface area contributed by atoms with Crippen molar-refractivity contribution in [3.8, 4) is 0 Å². The van der Waals surface area contributed by atoms with Crippen LogP contribution in [0.25, 0.3) is 0 Å². The normalized spacial score (nSPS) is 14.7. The zero-order chi connectivity index (χ0) is 46.5. The van der Waals surface area contributed by atoms with Crippen LogP contribution in [0.5, 0.6) is 0 Å². The maximum atomic E-state index is 12.6. The van der Waals surface area contributed by atoms with Crippen molar-refractivity contribution in [2.75, 3.05) is 45.8 Å². The Hall–Kier alpha value is -3.50. The van der Waals surface area contributed by atoms with Crippen molar-refractivity contribution < 1.29 is 28.8 Å². The van der Waals surface area contributed by atoms with E-state index < -0.39 is 36.3 Å². The molecule has 0 aromatic rings. The minimum atomic E-state index is -0.656. The van der Waals surface area contributed by atoms with Gasteiger partial charge in [-0.05, 0) is 142 Å². The molecule has 7 atom stereocenters. The zero-order valence-corrected chi connectivity index (χ0v) is 37.9. The van der Waals surface area contributed by atoms with Crippen LogP contribution in [0.1, 0.15) is 142 Å². The van der Waals surface area contributed by atoms with Crippen LogP contribution in [0, 0.1) is 0 Å². The van der Waals surface area contributed by atoms with Crippen LogP contribution in [-0.2, 0) is 28.8 Å². The Balaban J connectivity index is 3.91. The first-order chi connectivity index (χ1) is 29.6. The molecule has 0 aliphatic carbocycles. The van der Waals surface area contributed by atoms with E-state index in [9.17, 15) is 28.8 Å². The van der Waals surface area contributed by atoms with Crippen molar-refractivity contribution in [2.45, 2.75) is 184 Å². The molecule has 0 spiro atoms. The van der Waals surface area contributed by atoms with Crippen LogP contribution in [0.3, 0.4) is 0 Å². The standard InChI is InChI=1S/C42H88N14O6/c1-30(56-42(62)36(50)22-8-15-29-55-41(61)35(49)21-6-13-27-53-38(58)32(46)18-3-10-24-44)16-4-11-25-51-39(59)33(47)19-7-14-28-54-40(60)34(48)20-5-12-26-52-37(57)31(45)17-2-9-23-43/h30-36H,2-29,43-50H2,1H3,(H,51,59)(H,52,57)(H,53,58)(H,54,60)(H,55,61)(H,56,62). The van der Waals surface area contributed by atoms with Crippen molar-refractivity contribution in [1.82, 2.24) is 31.9 Å². The van der Waals surface area contributed by atoms with Gasteiger partial charge in [0.15, 0.2) is 0 Å². The van der Waals surface area contributed by atoms with Gasteiger partial charge in [0.1, 0.15) is 0 Å². The highest BCUT2D eigenvalue weighted by Crippen LogP contribution is 2.06. The number of hydrogen-bond donors (Lipinski definition) is 14. The minimum Gasteiger partial charge on any atom is -0.355 e. The first kappa shape index (κ1) is 58.5. The van der Waals surface area contributed by atoms with Gasteiger partial charge in [-0.25, -0.2) is 0 Å². The van der Waals surface area contributed by atoms with Crippen molar-refractivity contribution in [3.05, 3.63) is 0 Å². The predicted octanol–water partition coefficient (Wildman–Crippen LogP) is -1.85. The van der Waals surface area contributed by atoms with Crippen LogP contribution in [0.4, 0.5) is 0 Å². The smallest absolute Gasteiger partial charge is 0.237 e. The molecule has 0 saturated heterocycles. The minimum absolute atomic E-state index is 0.0800. The van der Waals surface area contributed by atoms with E-state index in [-0.39, 0.29) is 41.5 Å². The average Bonchev–Trinajstić information content (AvgIpc) is 3.24. The number of amides is 6. The fraction of sp³-hybridized carbons (Fsp3) is 0.857. The van der Waals surface area contributed by atoms with E-state index in [0.717, 1.165) is 44.9 Å². The Morgan fingerprint density at radius 3 is 0.774 bits per heavy atom. The maximum absolute atomic E-state index is 12.6. The fourth-order valence-corrected chi connectivity index (χ4v) is 6.47. The topological polar surface area (TPSA) is 383 Å². The molecular weight excluding hydrogens is 797 g/mol. The van der Waals surface area contributed by atoms with E-state index in [0.29, 0.717) is 136 Å². The highest BCUT2D eigenvalue weighted by molar-refractivity contribution is 5.83. The second-order valence-electron chi connectivity index (χ2n) is 16.6. The van der Waals surface area contributed by atoms with Gasteiger partial charge in [0, 0.05) is 38.8 Å². The highest BCUT2D eigenvalue weighted by atomic mass is 16.2. The van der Waals surface area contributed by atoms with Gasteiger partial charge in [0.25, 0.3) is 0 Å². The zero-order valence-electron chi connectivity index (χ0n) is 37.9. The van der Waals surface area contributed by atoms with Crippen molar-refractivity contribution in [2.24, 2.45) is 45.9 Å². The summed E-state index contributed by atoms with van der Waals surface area (Å²) in [6.45, 7) is 5.39. The molecule has 20 nitrogen and oxygen atoms in total. The van der Waals surface area contributed by atoms with E-state index >= 15 is 0 Å². The number of hydrogen-bond acceptors (Lipinski definition) is 14. The molecule has 362 valence electrons. The number of carbonyl (C=O) groups excluding carboxylic acids is 6. The van der Waals surface area contributed by atoms with Crippen LogP contribution in [0.15, 0.2) is 0 Å². The third-order valence-electron chi connectivity index (χ3n) is 10.7. The lowest BCUT2D eigenvalue weighted by Gasteiger charge is -2.18. The van der Waals surface area contributed by atoms with Crippen molar-refractivity contribution in [3.63, 3.8) is 0 Å². The summed E-state index contributed by atoms with van der Waals surface area (Å²) in [4.78, 5) is 73.7. The van der Waals surface area contributed by atoms with E-state index in [1.54, 1.807) is 0 Å². The third kappa shape index (κ3) is 31.4. The van der Waals surface area contributed by atoms with Gasteiger partial charge in [0.05, 0.1) is 36.3 Å². The summed E-state index contributed by atoms with van der Waals surface area (Å²) in [5.41, 5.74) is 46.9. The molecule has 0 heterocycles. The molecule has 0 fully saturated rings. The van der Waals surface area contributed by atoms with Gasteiger partial charge >= 0.3 is 0 Å². The Labute approximate surface area is 371 Å². The first-order valence-electron chi connectivity index (χ1n) is 23.3. The molecular formula is C42H88N14O6. The summed E-state index contributed by atoms with van der Waals surface area (Å²) in [7, 11) is 0. The Bertz CT molecular complexity index is 1230. The monoisotopic (exact) mass is 885 g/mol. The largest absolute Gasteiger partial charge is 0.355 e. The molecule has 6 amide bonds. The molecule has 22 N–H and O–H groups in total. The molecule has 0 rings (SSSR count). The summed E-state index contributed by atoms with van der Waals surface area (Å²) in [6.07, 6.45) is 14.2. The molecule has 0 aromatic heterocycles. The molecule has 20 heteroatoms. The predicted molar refractivity (Wildman–Crippen MR) is 246 cm³/mol. The molecule has 62 heavy (non-hydrogen) atoms. The summed E-state index contributed by atoms with van der Waals surface area (Å²) >= 11 is 0. The summed E-state index contributed by atoms with van der Waals surface area (Å²) in [5.74, 6) is -1.26. The molecule has 0 aromatic carbocycles. The Kier molecular flexibility index (Phi) is 35.9. The Morgan fingerprint density at radius 1 is 0.323 bits per heavy atom. The van der Waals surface area contributed by atoms with Crippen LogP contribution in [-0.4, -0.2) is 124 Å². The second kappa shape index (κ2) is 38.0. The second-order valence-corrected chi connectivity index (χ2v) is 16.6. The average molecular weight is 885 g/mol. The van der Waals surface area contributed by atoms with E-state index in [1.165, 1.54) is 0 Å². The molecule has 0 radical (unpaired) electrons. The van der Waals surface area contributed by atoms with Crippen LogP contribution >= 0.6 is 0 Å². The van der Waals surface area contributed by atoms with Gasteiger partial charge in [0.2, 0.25) is 35.4 Å². The number of rotatable bonds is 40.